The van der Waals surface area contributed by atoms with Crippen LogP contribution in [0.25, 0.3) is 11.0 Å². The molecular formula is C17H14Cl2N4O2. The van der Waals surface area contributed by atoms with Crippen molar-refractivity contribution in [2.24, 2.45) is 0 Å². The maximum atomic E-state index is 12.3. The molecule has 4 rings (SSSR count). The predicted octanol–water partition coefficient (Wildman–Crippen LogP) is 3.49. The van der Waals surface area contributed by atoms with Crippen molar-refractivity contribution in [1.82, 2.24) is 14.9 Å². The molecule has 3 heterocycles. The van der Waals surface area contributed by atoms with E-state index >= 15 is 0 Å². The van der Waals surface area contributed by atoms with Gasteiger partial charge in [0.15, 0.2) is 5.76 Å². The first-order chi connectivity index (χ1) is 12.1. The number of rotatable bonds is 2. The molecule has 0 atom stereocenters. The molecule has 0 bridgehead atoms. The van der Waals surface area contributed by atoms with Gasteiger partial charge in [0.2, 0.25) is 0 Å². The average molecular weight is 377 g/mol. The number of halogens is 2. The zero-order chi connectivity index (χ0) is 17.4. The fraction of sp³-hybridized carbons (Fsp3) is 0.235. The van der Waals surface area contributed by atoms with E-state index in [1.807, 2.05) is 0 Å². The Bertz CT molecular complexity index is 922. The standard InChI is InChI=1S/C17H14Cl2N4O2/c18-11-8-13-14(9-12(11)19)21-16(10-20-13)22-3-5-23(6-4-22)17(24)15-2-1-7-25-15/h1-2,7-10H,3-6H2. The van der Waals surface area contributed by atoms with Gasteiger partial charge in [-0.1, -0.05) is 23.2 Å². The number of furan rings is 1. The van der Waals surface area contributed by atoms with Gasteiger partial charge in [0.1, 0.15) is 5.82 Å². The van der Waals surface area contributed by atoms with Crippen molar-refractivity contribution in [3.63, 3.8) is 0 Å². The number of nitrogens with zero attached hydrogens (tertiary/aromatic N) is 4. The lowest BCUT2D eigenvalue weighted by Gasteiger charge is -2.34. The van der Waals surface area contributed by atoms with E-state index in [0.717, 1.165) is 5.82 Å². The van der Waals surface area contributed by atoms with Gasteiger partial charge in [0.05, 0.1) is 33.5 Å². The molecule has 0 saturated carbocycles. The van der Waals surface area contributed by atoms with Crippen LogP contribution in [0.4, 0.5) is 5.82 Å². The maximum absolute atomic E-state index is 12.3. The van der Waals surface area contributed by atoms with Gasteiger partial charge in [-0.05, 0) is 24.3 Å². The summed E-state index contributed by atoms with van der Waals surface area (Å²) in [5, 5.41) is 0.913. The number of anilines is 1. The van der Waals surface area contributed by atoms with Gasteiger partial charge in [-0.15, -0.1) is 0 Å². The van der Waals surface area contributed by atoms with E-state index in [0.29, 0.717) is 53.0 Å². The predicted molar refractivity (Wildman–Crippen MR) is 96.4 cm³/mol. The number of carbonyl (C=O) groups excluding carboxylic acids is 1. The zero-order valence-electron chi connectivity index (χ0n) is 13.2. The Morgan fingerprint density at radius 2 is 1.80 bits per heavy atom. The summed E-state index contributed by atoms with van der Waals surface area (Å²) in [6, 6.07) is 6.81. The van der Waals surface area contributed by atoms with Gasteiger partial charge in [-0.2, -0.15) is 0 Å². The monoisotopic (exact) mass is 376 g/mol. The summed E-state index contributed by atoms with van der Waals surface area (Å²) >= 11 is 12.1. The van der Waals surface area contributed by atoms with Gasteiger partial charge < -0.3 is 14.2 Å². The SMILES string of the molecule is O=C(c1ccco1)N1CCN(c2cnc3cc(Cl)c(Cl)cc3n2)CC1. The van der Waals surface area contributed by atoms with Gasteiger partial charge in [-0.25, -0.2) is 4.98 Å². The van der Waals surface area contributed by atoms with Crippen molar-refractivity contribution in [3.05, 3.63) is 52.5 Å². The topological polar surface area (TPSA) is 62.5 Å². The molecule has 1 aliphatic rings. The molecule has 2 aromatic heterocycles. The fourth-order valence-corrected chi connectivity index (χ4v) is 3.16. The molecule has 0 radical (unpaired) electrons. The van der Waals surface area contributed by atoms with Crippen LogP contribution in [-0.4, -0.2) is 47.0 Å². The lowest BCUT2D eigenvalue weighted by molar-refractivity contribution is 0.0714. The van der Waals surface area contributed by atoms with Crippen LogP contribution in [0.5, 0.6) is 0 Å². The Kier molecular flexibility index (Phi) is 4.23. The van der Waals surface area contributed by atoms with Gasteiger partial charge in [-0.3, -0.25) is 9.78 Å². The number of amides is 1. The summed E-state index contributed by atoms with van der Waals surface area (Å²) in [5.74, 6) is 1.04. The number of carbonyl (C=O) groups is 1. The van der Waals surface area contributed by atoms with Crippen LogP contribution in [0.3, 0.4) is 0 Å². The number of aromatic nitrogens is 2. The van der Waals surface area contributed by atoms with Gasteiger partial charge >= 0.3 is 0 Å². The molecule has 1 fully saturated rings. The van der Waals surface area contributed by atoms with E-state index in [-0.39, 0.29) is 5.91 Å². The summed E-state index contributed by atoms with van der Waals surface area (Å²) in [6.45, 7) is 2.54. The fourth-order valence-electron chi connectivity index (χ4n) is 2.85. The molecule has 1 saturated heterocycles. The number of fused-ring (bicyclic) bond motifs is 1. The number of piperazine rings is 1. The molecule has 25 heavy (non-hydrogen) atoms. The third kappa shape index (κ3) is 3.15. The van der Waals surface area contributed by atoms with Crippen LogP contribution in [0.2, 0.25) is 10.0 Å². The number of hydrogen-bond donors (Lipinski definition) is 0. The second-order valence-corrected chi connectivity index (χ2v) is 6.55. The lowest BCUT2D eigenvalue weighted by Crippen LogP contribution is -2.49. The third-order valence-electron chi connectivity index (χ3n) is 4.19. The number of benzene rings is 1. The highest BCUT2D eigenvalue weighted by atomic mass is 35.5. The maximum Gasteiger partial charge on any atom is 0.289 e. The number of hydrogen-bond acceptors (Lipinski definition) is 5. The van der Waals surface area contributed by atoms with Crippen LogP contribution >= 0.6 is 23.2 Å². The molecule has 8 heteroatoms. The van der Waals surface area contributed by atoms with E-state index in [4.69, 9.17) is 27.6 Å². The highest BCUT2D eigenvalue weighted by Crippen LogP contribution is 2.27. The van der Waals surface area contributed by atoms with E-state index in [1.165, 1.54) is 6.26 Å². The van der Waals surface area contributed by atoms with E-state index < -0.39 is 0 Å². The van der Waals surface area contributed by atoms with Crippen LogP contribution in [-0.2, 0) is 0 Å². The van der Waals surface area contributed by atoms with Crippen molar-refractivity contribution in [3.8, 4) is 0 Å². The van der Waals surface area contributed by atoms with E-state index in [2.05, 4.69) is 14.9 Å². The van der Waals surface area contributed by atoms with E-state index in [9.17, 15) is 4.79 Å². The van der Waals surface area contributed by atoms with Gasteiger partial charge in [0.25, 0.3) is 5.91 Å². The highest BCUT2D eigenvalue weighted by Gasteiger charge is 2.24. The Hall–Kier alpha value is -2.31. The molecule has 1 aromatic carbocycles. The van der Waals surface area contributed by atoms with Crippen LogP contribution < -0.4 is 4.90 Å². The molecule has 6 nitrogen and oxygen atoms in total. The quantitative estimate of drug-likeness (QED) is 0.684. The minimum Gasteiger partial charge on any atom is -0.459 e. The zero-order valence-corrected chi connectivity index (χ0v) is 14.7. The van der Waals surface area contributed by atoms with Crippen molar-refractivity contribution in [1.29, 1.82) is 0 Å². The molecule has 3 aromatic rings. The second-order valence-electron chi connectivity index (χ2n) is 5.74. The molecule has 1 amide bonds. The Morgan fingerprint density at radius 3 is 2.48 bits per heavy atom. The van der Waals surface area contributed by atoms with Crippen LogP contribution in [0.1, 0.15) is 10.6 Å². The van der Waals surface area contributed by atoms with Crippen LogP contribution in [0.15, 0.2) is 41.1 Å². The molecule has 0 aliphatic carbocycles. The molecule has 0 unspecified atom stereocenters. The Morgan fingerprint density at radius 1 is 1.08 bits per heavy atom. The Balaban J connectivity index is 1.50. The normalized spacial score (nSPS) is 15.0. The summed E-state index contributed by atoms with van der Waals surface area (Å²) in [6.07, 6.45) is 3.22. The largest absolute Gasteiger partial charge is 0.459 e. The Labute approximate surface area is 154 Å². The summed E-state index contributed by atoms with van der Waals surface area (Å²) < 4.78 is 5.18. The van der Waals surface area contributed by atoms with Crippen LogP contribution in [0, 0.1) is 0 Å². The lowest BCUT2D eigenvalue weighted by atomic mass is 10.2. The summed E-state index contributed by atoms with van der Waals surface area (Å²) in [7, 11) is 0. The summed E-state index contributed by atoms with van der Waals surface area (Å²) in [5.41, 5.74) is 1.39. The smallest absolute Gasteiger partial charge is 0.289 e. The minimum atomic E-state index is -0.0873. The molecule has 0 N–H and O–H groups in total. The molecule has 1 aliphatic heterocycles. The van der Waals surface area contributed by atoms with Crippen molar-refractivity contribution < 1.29 is 9.21 Å². The first kappa shape index (κ1) is 16.2. The highest BCUT2D eigenvalue weighted by molar-refractivity contribution is 6.42. The second kappa shape index (κ2) is 6.54. The average Bonchev–Trinajstić information content (AvgIpc) is 3.16. The van der Waals surface area contributed by atoms with Crippen molar-refractivity contribution >= 4 is 46.0 Å². The van der Waals surface area contributed by atoms with E-state index in [1.54, 1.807) is 35.4 Å². The minimum absolute atomic E-state index is 0.0873. The third-order valence-corrected chi connectivity index (χ3v) is 4.92. The summed E-state index contributed by atoms with van der Waals surface area (Å²) in [4.78, 5) is 25.2. The molecule has 128 valence electrons. The van der Waals surface area contributed by atoms with Crippen molar-refractivity contribution in [2.45, 2.75) is 0 Å². The molecular weight excluding hydrogens is 363 g/mol. The first-order valence-corrected chi connectivity index (χ1v) is 8.57. The van der Waals surface area contributed by atoms with Crippen molar-refractivity contribution in [2.75, 3.05) is 31.1 Å². The molecule has 0 spiro atoms. The van der Waals surface area contributed by atoms with Gasteiger partial charge in [0, 0.05) is 26.2 Å². The first-order valence-electron chi connectivity index (χ1n) is 7.81.